The molecule has 5 nitrogen and oxygen atoms in total. The van der Waals surface area contributed by atoms with Crippen molar-refractivity contribution in [2.24, 2.45) is 0 Å². The maximum atomic E-state index is 11.0. The lowest BCUT2D eigenvalue weighted by molar-refractivity contribution is 0.112. The van der Waals surface area contributed by atoms with Crippen LogP contribution in [0.5, 0.6) is 0 Å². The van der Waals surface area contributed by atoms with Crippen LogP contribution in [0, 0.1) is 0 Å². The van der Waals surface area contributed by atoms with Gasteiger partial charge in [-0.3, -0.25) is 4.79 Å². The predicted molar refractivity (Wildman–Crippen MR) is 85.0 cm³/mol. The zero-order valence-electron chi connectivity index (χ0n) is 12.5. The average molecular weight is 311 g/mol. The van der Waals surface area contributed by atoms with Gasteiger partial charge in [-0.25, -0.2) is 9.97 Å². The summed E-state index contributed by atoms with van der Waals surface area (Å²) in [6.45, 7) is 1.82. The highest BCUT2D eigenvalue weighted by molar-refractivity contribution is 6.32. The van der Waals surface area contributed by atoms with Gasteiger partial charge in [0.2, 0.25) is 0 Å². The molecule has 6 heteroatoms. The van der Waals surface area contributed by atoms with Crippen molar-refractivity contribution in [3.05, 3.63) is 17.0 Å². The smallest absolute Gasteiger partial charge is 0.156 e. The first-order valence-corrected chi connectivity index (χ1v) is 8.00. The maximum Gasteiger partial charge on any atom is 0.156 e. The third kappa shape index (κ3) is 4.64. The molecule has 21 heavy (non-hydrogen) atoms. The fraction of sp³-hybridized carbons (Fsp3) is 0.667. The number of rotatable bonds is 7. The van der Waals surface area contributed by atoms with Crippen LogP contribution in [-0.2, 0) is 0 Å². The van der Waals surface area contributed by atoms with E-state index < -0.39 is 0 Å². The first-order chi connectivity index (χ1) is 10.2. The number of anilines is 1. The zero-order valence-corrected chi connectivity index (χ0v) is 13.3. The number of nitrogens with one attached hydrogen (secondary N) is 1. The van der Waals surface area contributed by atoms with Gasteiger partial charge in [-0.2, -0.15) is 0 Å². The van der Waals surface area contributed by atoms with Crippen LogP contribution < -0.4 is 5.32 Å². The summed E-state index contributed by atoms with van der Waals surface area (Å²) in [6, 6.07) is 0.734. The zero-order chi connectivity index (χ0) is 15.1. The van der Waals surface area contributed by atoms with Crippen LogP contribution in [0.1, 0.15) is 48.9 Å². The molecule has 1 aliphatic rings. The second-order valence-corrected chi connectivity index (χ2v) is 5.96. The van der Waals surface area contributed by atoms with Crippen LogP contribution >= 0.6 is 11.6 Å². The van der Waals surface area contributed by atoms with Gasteiger partial charge in [-0.05, 0) is 32.9 Å². The van der Waals surface area contributed by atoms with Crippen LogP contribution in [0.4, 0.5) is 5.82 Å². The average Bonchev–Trinajstić information content (AvgIpc) is 2.52. The second kappa shape index (κ2) is 8.29. The monoisotopic (exact) mass is 310 g/mol. The van der Waals surface area contributed by atoms with Crippen LogP contribution in [0.3, 0.4) is 0 Å². The highest BCUT2D eigenvalue weighted by Gasteiger charge is 2.17. The number of nitrogens with zero attached hydrogens (tertiary/aromatic N) is 3. The van der Waals surface area contributed by atoms with E-state index in [1.165, 1.54) is 38.4 Å². The molecule has 0 radical (unpaired) electrons. The van der Waals surface area contributed by atoms with Crippen molar-refractivity contribution < 1.29 is 4.79 Å². The van der Waals surface area contributed by atoms with Crippen molar-refractivity contribution in [3.63, 3.8) is 0 Å². The number of carbonyl (C=O) groups excluding carboxylic acids is 1. The lowest BCUT2D eigenvalue weighted by atomic mass is 9.94. The molecule has 0 saturated heterocycles. The number of halogens is 1. The minimum atomic E-state index is 0.196. The van der Waals surface area contributed by atoms with Crippen molar-refractivity contribution in [2.75, 3.05) is 25.5 Å². The Hall–Kier alpha value is -1.20. The molecule has 0 atom stereocenters. The predicted octanol–water partition coefficient (Wildman–Crippen LogP) is 3.01. The van der Waals surface area contributed by atoms with Gasteiger partial charge in [-0.1, -0.05) is 30.9 Å². The number of hydrogen-bond donors (Lipinski definition) is 1. The molecule has 116 valence electrons. The maximum absolute atomic E-state index is 11.0. The minimum Gasteiger partial charge on any atom is -0.369 e. The van der Waals surface area contributed by atoms with Gasteiger partial charge in [0, 0.05) is 12.6 Å². The van der Waals surface area contributed by atoms with Crippen LogP contribution in [0.15, 0.2) is 6.33 Å². The molecule has 0 bridgehead atoms. The second-order valence-electron chi connectivity index (χ2n) is 5.60. The summed E-state index contributed by atoms with van der Waals surface area (Å²) < 4.78 is 0. The Kier molecular flexibility index (Phi) is 6.39. The van der Waals surface area contributed by atoms with E-state index >= 15 is 0 Å². The van der Waals surface area contributed by atoms with E-state index in [4.69, 9.17) is 11.6 Å². The highest BCUT2D eigenvalue weighted by Crippen LogP contribution is 2.21. The van der Waals surface area contributed by atoms with Gasteiger partial charge in [0.05, 0.1) is 5.56 Å². The molecular weight excluding hydrogens is 288 g/mol. The van der Waals surface area contributed by atoms with Gasteiger partial charge in [0.1, 0.15) is 17.3 Å². The first kappa shape index (κ1) is 16.2. The van der Waals surface area contributed by atoms with Gasteiger partial charge >= 0.3 is 0 Å². The lowest BCUT2D eigenvalue weighted by Gasteiger charge is -2.31. The van der Waals surface area contributed by atoms with E-state index in [1.54, 1.807) is 0 Å². The summed E-state index contributed by atoms with van der Waals surface area (Å²) in [5.41, 5.74) is 0.333. The van der Waals surface area contributed by atoms with Crippen molar-refractivity contribution >= 4 is 23.7 Å². The Morgan fingerprint density at radius 3 is 2.86 bits per heavy atom. The number of aldehydes is 1. The van der Waals surface area contributed by atoms with Crippen LogP contribution in [-0.4, -0.2) is 47.3 Å². The molecule has 0 amide bonds. The van der Waals surface area contributed by atoms with E-state index in [1.807, 2.05) is 0 Å². The Morgan fingerprint density at radius 2 is 2.14 bits per heavy atom. The molecule has 1 N–H and O–H groups in total. The summed E-state index contributed by atoms with van der Waals surface area (Å²) in [5, 5.41) is 3.37. The number of aromatic nitrogens is 2. The Labute approximate surface area is 131 Å². The summed E-state index contributed by atoms with van der Waals surface area (Å²) in [7, 11) is 2.20. The molecule has 0 aliphatic heterocycles. The molecule has 0 spiro atoms. The Bertz CT molecular complexity index is 463. The summed E-state index contributed by atoms with van der Waals surface area (Å²) >= 11 is 5.86. The van der Waals surface area contributed by atoms with Crippen molar-refractivity contribution in [1.82, 2.24) is 14.9 Å². The third-order valence-electron chi connectivity index (χ3n) is 4.13. The topological polar surface area (TPSA) is 58.1 Å². The third-order valence-corrected chi connectivity index (χ3v) is 4.43. The van der Waals surface area contributed by atoms with Gasteiger partial charge < -0.3 is 10.2 Å². The van der Waals surface area contributed by atoms with E-state index in [-0.39, 0.29) is 5.15 Å². The SMILES string of the molecule is CN(CCCNc1ncnc(Cl)c1C=O)C1CCCCC1. The van der Waals surface area contributed by atoms with E-state index in [2.05, 4.69) is 27.2 Å². The van der Waals surface area contributed by atoms with Crippen LogP contribution in [0.25, 0.3) is 0 Å². The van der Waals surface area contributed by atoms with E-state index in [0.29, 0.717) is 17.7 Å². The molecule has 0 aromatic carbocycles. The van der Waals surface area contributed by atoms with E-state index in [9.17, 15) is 4.79 Å². The molecule has 1 aromatic rings. The molecule has 1 heterocycles. The van der Waals surface area contributed by atoms with Crippen molar-refractivity contribution in [3.8, 4) is 0 Å². The fourth-order valence-electron chi connectivity index (χ4n) is 2.86. The molecule has 1 fully saturated rings. The quantitative estimate of drug-likeness (QED) is 0.476. The number of hydrogen-bond acceptors (Lipinski definition) is 5. The largest absolute Gasteiger partial charge is 0.369 e. The fourth-order valence-corrected chi connectivity index (χ4v) is 3.04. The highest BCUT2D eigenvalue weighted by atomic mass is 35.5. The Balaban J connectivity index is 1.74. The standard InChI is InChI=1S/C15H23ClN4O/c1-20(12-6-3-2-4-7-12)9-5-8-17-15-13(10-21)14(16)18-11-19-15/h10-12H,2-9H2,1H3,(H,17,18,19). The first-order valence-electron chi connectivity index (χ1n) is 7.62. The number of carbonyl (C=O) groups is 1. The van der Waals surface area contributed by atoms with Crippen LogP contribution in [0.2, 0.25) is 5.15 Å². The summed E-state index contributed by atoms with van der Waals surface area (Å²) in [4.78, 5) is 21.3. The molecule has 1 aliphatic carbocycles. The van der Waals surface area contributed by atoms with E-state index in [0.717, 1.165) is 25.6 Å². The molecular formula is C15H23ClN4O. The molecule has 1 aromatic heterocycles. The normalized spacial score (nSPS) is 16.1. The van der Waals surface area contributed by atoms with Crippen molar-refractivity contribution in [1.29, 1.82) is 0 Å². The molecule has 2 rings (SSSR count). The van der Waals surface area contributed by atoms with Gasteiger partial charge in [0.25, 0.3) is 0 Å². The summed E-state index contributed by atoms with van der Waals surface area (Å²) in [6.07, 6.45) is 9.80. The van der Waals surface area contributed by atoms with Crippen molar-refractivity contribution in [2.45, 2.75) is 44.6 Å². The minimum absolute atomic E-state index is 0.196. The molecule has 1 saturated carbocycles. The summed E-state index contributed by atoms with van der Waals surface area (Å²) in [5.74, 6) is 0.519. The lowest BCUT2D eigenvalue weighted by Crippen LogP contribution is -2.34. The van der Waals surface area contributed by atoms with Gasteiger partial charge in [-0.15, -0.1) is 0 Å². The molecule has 0 unspecified atom stereocenters. The van der Waals surface area contributed by atoms with Gasteiger partial charge in [0.15, 0.2) is 6.29 Å². The Morgan fingerprint density at radius 1 is 1.38 bits per heavy atom.